The molecular weight excluding hydrogens is 350 g/mol. The van der Waals surface area contributed by atoms with Gasteiger partial charge in [0.1, 0.15) is 0 Å². The molecule has 0 spiro atoms. The first-order valence-corrected chi connectivity index (χ1v) is 10.4. The van der Waals surface area contributed by atoms with Crippen LogP contribution in [0.15, 0.2) is 47.4 Å². The molecule has 2 aromatic carbocycles. The Balaban J connectivity index is 1.70. The van der Waals surface area contributed by atoms with E-state index in [9.17, 15) is 13.2 Å². The Kier molecular flexibility index (Phi) is 5.48. The molecule has 1 atom stereocenters. The van der Waals surface area contributed by atoms with Crippen LogP contribution in [0.3, 0.4) is 0 Å². The van der Waals surface area contributed by atoms with Crippen LogP contribution in [0.1, 0.15) is 20.3 Å². The standard InChI is InChI=1S/C19H25N3O3S/c1-3-15(2)20-19(23)21-10-12-22(13-11-21)26(24,25)18-9-8-16-6-4-5-7-17(16)14-18/h4-9,14-15H,3,10-13H2,1-2H3,(H,20,23). The molecule has 26 heavy (non-hydrogen) atoms. The zero-order chi connectivity index (χ0) is 18.7. The van der Waals surface area contributed by atoms with E-state index in [4.69, 9.17) is 0 Å². The summed E-state index contributed by atoms with van der Waals surface area (Å²) in [5.74, 6) is 0. The molecular formula is C19H25N3O3S. The van der Waals surface area contributed by atoms with E-state index in [-0.39, 0.29) is 12.1 Å². The van der Waals surface area contributed by atoms with Gasteiger partial charge in [0.05, 0.1) is 4.90 Å². The maximum atomic E-state index is 12.9. The normalized spacial score (nSPS) is 17.2. The lowest BCUT2D eigenvalue weighted by Gasteiger charge is -2.34. The summed E-state index contributed by atoms with van der Waals surface area (Å²) in [7, 11) is -3.56. The van der Waals surface area contributed by atoms with Gasteiger partial charge < -0.3 is 10.2 Å². The second-order valence-corrected chi connectivity index (χ2v) is 8.60. The third-order valence-corrected chi connectivity index (χ3v) is 6.76. The van der Waals surface area contributed by atoms with Gasteiger partial charge in [-0.1, -0.05) is 37.3 Å². The number of carbonyl (C=O) groups excluding carboxylic acids is 1. The monoisotopic (exact) mass is 375 g/mol. The minimum Gasteiger partial charge on any atom is -0.336 e. The number of carbonyl (C=O) groups is 1. The van der Waals surface area contributed by atoms with Gasteiger partial charge in [-0.05, 0) is 36.2 Å². The number of amides is 2. The van der Waals surface area contributed by atoms with Crippen LogP contribution < -0.4 is 5.32 Å². The number of sulfonamides is 1. The molecule has 1 unspecified atom stereocenters. The topological polar surface area (TPSA) is 69.7 Å². The van der Waals surface area contributed by atoms with Gasteiger partial charge in [0.25, 0.3) is 0 Å². The summed E-state index contributed by atoms with van der Waals surface area (Å²) in [4.78, 5) is 14.2. The van der Waals surface area contributed by atoms with Crippen molar-refractivity contribution < 1.29 is 13.2 Å². The fraction of sp³-hybridized carbons (Fsp3) is 0.421. The third-order valence-electron chi connectivity index (χ3n) is 4.87. The third kappa shape index (κ3) is 3.83. The SMILES string of the molecule is CCC(C)NC(=O)N1CCN(S(=O)(=O)c2ccc3ccccc3c2)CC1. The summed E-state index contributed by atoms with van der Waals surface area (Å²) in [5.41, 5.74) is 0. The van der Waals surface area contributed by atoms with Crippen LogP contribution in [-0.2, 0) is 10.0 Å². The Morgan fingerprint density at radius 2 is 1.73 bits per heavy atom. The summed E-state index contributed by atoms with van der Waals surface area (Å²) in [6, 6.07) is 12.9. The van der Waals surface area contributed by atoms with Crippen molar-refractivity contribution in [1.29, 1.82) is 0 Å². The van der Waals surface area contributed by atoms with E-state index in [0.29, 0.717) is 31.1 Å². The Morgan fingerprint density at radius 1 is 1.08 bits per heavy atom. The molecule has 140 valence electrons. The number of benzene rings is 2. The van der Waals surface area contributed by atoms with Gasteiger partial charge in [-0.3, -0.25) is 0 Å². The highest BCUT2D eigenvalue weighted by molar-refractivity contribution is 7.89. The molecule has 0 aliphatic carbocycles. The number of urea groups is 1. The van der Waals surface area contributed by atoms with Crippen molar-refractivity contribution in [2.24, 2.45) is 0 Å². The maximum Gasteiger partial charge on any atom is 0.317 e. The molecule has 0 saturated carbocycles. The Morgan fingerprint density at radius 3 is 2.38 bits per heavy atom. The average Bonchev–Trinajstić information content (AvgIpc) is 2.67. The van der Waals surface area contributed by atoms with E-state index in [0.717, 1.165) is 17.2 Å². The summed E-state index contributed by atoms with van der Waals surface area (Å²) >= 11 is 0. The molecule has 1 fully saturated rings. The highest BCUT2D eigenvalue weighted by Crippen LogP contribution is 2.22. The smallest absolute Gasteiger partial charge is 0.317 e. The zero-order valence-corrected chi connectivity index (χ0v) is 16.0. The fourth-order valence-electron chi connectivity index (χ4n) is 3.01. The van der Waals surface area contributed by atoms with E-state index in [2.05, 4.69) is 5.32 Å². The second kappa shape index (κ2) is 7.63. The molecule has 2 amide bonds. The Hall–Kier alpha value is -2.12. The first kappa shape index (κ1) is 18.7. The Bertz CT molecular complexity index is 890. The van der Waals surface area contributed by atoms with Crippen molar-refractivity contribution in [3.63, 3.8) is 0 Å². The molecule has 1 aliphatic heterocycles. The van der Waals surface area contributed by atoms with Crippen LogP contribution >= 0.6 is 0 Å². The van der Waals surface area contributed by atoms with E-state index < -0.39 is 10.0 Å². The van der Waals surface area contributed by atoms with E-state index >= 15 is 0 Å². The van der Waals surface area contributed by atoms with Gasteiger partial charge in [-0.2, -0.15) is 4.31 Å². The van der Waals surface area contributed by atoms with E-state index in [1.807, 2.05) is 44.2 Å². The largest absolute Gasteiger partial charge is 0.336 e. The minimum atomic E-state index is -3.56. The van der Waals surface area contributed by atoms with Gasteiger partial charge in [0, 0.05) is 32.2 Å². The van der Waals surface area contributed by atoms with Crippen molar-refractivity contribution in [2.45, 2.75) is 31.2 Å². The quantitative estimate of drug-likeness (QED) is 0.893. The first-order chi connectivity index (χ1) is 12.4. The summed E-state index contributed by atoms with van der Waals surface area (Å²) in [6.45, 7) is 5.38. The van der Waals surface area contributed by atoms with Crippen molar-refractivity contribution in [2.75, 3.05) is 26.2 Å². The molecule has 3 rings (SSSR count). The molecule has 1 N–H and O–H groups in total. The molecule has 6 nitrogen and oxygen atoms in total. The Labute approximate surface area is 154 Å². The second-order valence-electron chi connectivity index (χ2n) is 6.66. The molecule has 7 heteroatoms. The predicted molar refractivity (Wildman–Crippen MR) is 103 cm³/mol. The fourth-order valence-corrected chi connectivity index (χ4v) is 4.47. The molecule has 0 radical (unpaired) electrons. The van der Waals surface area contributed by atoms with Crippen LogP contribution in [0.25, 0.3) is 10.8 Å². The van der Waals surface area contributed by atoms with Crippen molar-refractivity contribution >= 4 is 26.8 Å². The van der Waals surface area contributed by atoms with Crippen LogP contribution in [0.4, 0.5) is 4.79 Å². The number of piperazine rings is 1. The average molecular weight is 375 g/mol. The first-order valence-electron chi connectivity index (χ1n) is 8.96. The van der Waals surface area contributed by atoms with Crippen LogP contribution in [0.2, 0.25) is 0 Å². The maximum absolute atomic E-state index is 12.9. The number of fused-ring (bicyclic) bond motifs is 1. The van der Waals surface area contributed by atoms with E-state index in [1.165, 1.54) is 4.31 Å². The lowest BCUT2D eigenvalue weighted by molar-refractivity contribution is 0.169. The van der Waals surface area contributed by atoms with Gasteiger partial charge in [-0.15, -0.1) is 0 Å². The summed E-state index contributed by atoms with van der Waals surface area (Å²) < 4.78 is 27.3. The highest BCUT2D eigenvalue weighted by Gasteiger charge is 2.30. The number of hydrogen-bond donors (Lipinski definition) is 1. The molecule has 1 aliphatic rings. The lowest BCUT2D eigenvalue weighted by atomic mass is 10.1. The van der Waals surface area contributed by atoms with Gasteiger partial charge >= 0.3 is 6.03 Å². The highest BCUT2D eigenvalue weighted by atomic mass is 32.2. The number of rotatable bonds is 4. The van der Waals surface area contributed by atoms with Crippen molar-refractivity contribution in [1.82, 2.24) is 14.5 Å². The molecule has 1 saturated heterocycles. The van der Waals surface area contributed by atoms with Gasteiger partial charge in [0.2, 0.25) is 10.0 Å². The zero-order valence-electron chi connectivity index (χ0n) is 15.2. The predicted octanol–water partition coefficient (Wildman–Crippen LogP) is 2.65. The molecule has 2 aromatic rings. The molecule has 0 aromatic heterocycles. The summed E-state index contributed by atoms with van der Waals surface area (Å²) in [6.07, 6.45) is 0.863. The lowest BCUT2D eigenvalue weighted by Crippen LogP contribution is -2.54. The van der Waals surface area contributed by atoms with Crippen molar-refractivity contribution in [3.05, 3.63) is 42.5 Å². The summed E-state index contributed by atoms with van der Waals surface area (Å²) in [5, 5.41) is 4.84. The van der Waals surface area contributed by atoms with Crippen LogP contribution in [-0.4, -0.2) is 55.9 Å². The molecule has 1 heterocycles. The number of hydrogen-bond acceptors (Lipinski definition) is 3. The number of nitrogens with zero attached hydrogens (tertiary/aromatic N) is 2. The number of nitrogens with one attached hydrogen (secondary N) is 1. The molecule has 0 bridgehead atoms. The van der Waals surface area contributed by atoms with Crippen LogP contribution in [0, 0.1) is 0 Å². The van der Waals surface area contributed by atoms with Gasteiger partial charge in [0.15, 0.2) is 0 Å². The van der Waals surface area contributed by atoms with Gasteiger partial charge in [-0.25, -0.2) is 13.2 Å². The minimum absolute atomic E-state index is 0.113. The van der Waals surface area contributed by atoms with Crippen LogP contribution in [0.5, 0.6) is 0 Å². The van der Waals surface area contributed by atoms with Crippen molar-refractivity contribution in [3.8, 4) is 0 Å². The van der Waals surface area contributed by atoms with E-state index in [1.54, 1.807) is 17.0 Å².